The van der Waals surface area contributed by atoms with Crippen molar-refractivity contribution in [2.45, 2.75) is 25.9 Å². The van der Waals surface area contributed by atoms with Gasteiger partial charge in [-0.05, 0) is 49.7 Å². The molecule has 1 amide bonds. The molecule has 3 rings (SSSR count). The fraction of sp³-hybridized carbons (Fsp3) is 0.263. The van der Waals surface area contributed by atoms with Crippen LogP contribution in [-0.2, 0) is 11.2 Å². The number of para-hydroxylation sites is 1. The molecule has 4 nitrogen and oxygen atoms in total. The highest BCUT2D eigenvalue weighted by atomic mass is 35.5. The van der Waals surface area contributed by atoms with Crippen LogP contribution in [0.1, 0.15) is 18.4 Å². The van der Waals surface area contributed by atoms with Gasteiger partial charge in [-0.3, -0.25) is 4.79 Å². The number of hydrogen-bond acceptors (Lipinski definition) is 4. The van der Waals surface area contributed by atoms with Crippen LogP contribution in [0.5, 0.6) is 5.75 Å². The Kier molecular flexibility index (Phi) is 5.89. The molecule has 1 atom stereocenters. The van der Waals surface area contributed by atoms with E-state index in [4.69, 9.17) is 16.3 Å². The molecule has 0 aliphatic carbocycles. The number of amides is 1. The van der Waals surface area contributed by atoms with E-state index in [1.54, 1.807) is 42.5 Å². The summed E-state index contributed by atoms with van der Waals surface area (Å²) in [5.74, 6) is 0.501. The van der Waals surface area contributed by atoms with Gasteiger partial charge in [-0.1, -0.05) is 23.7 Å². The first-order valence-electron chi connectivity index (χ1n) is 8.16. The maximum atomic E-state index is 12.1. The summed E-state index contributed by atoms with van der Waals surface area (Å²) < 4.78 is 6.81. The average molecular weight is 375 g/mol. The predicted octanol–water partition coefficient (Wildman–Crippen LogP) is 4.47. The van der Waals surface area contributed by atoms with Crippen molar-refractivity contribution in [2.75, 3.05) is 6.54 Å². The minimum atomic E-state index is -0.552. The van der Waals surface area contributed by atoms with Crippen LogP contribution in [0.4, 0.5) is 0 Å². The first-order chi connectivity index (χ1) is 12.1. The van der Waals surface area contributed by atoms with Crippen LogP contribution in [0, 0.1) is 0 Å². The van der Waals surface area contributed by atoms with Gasteiger partial charge < -0.3 is 10.1 Å². The SMILES string of the molecule is CC(Oc1ccc(Cl)cc1)C(=O)NCCCc1nc2ccccc2s1. The molecule has 2 aromatic carbocycles. The number of thiazole rings is 1. The zero-order valence-electron chi connectivity index (χ0n) is 13.9. The predicted molar refractivity (Wildman–Crippen MR) is 102 cm³/mol. The van der Waals surface area contributed by atoms with Crippen LogP contribution in [0.25, 0.3) is 10.2 Å². The van der Waals surface area contributed by atoms with Crippen molar-refractivity contribution >= 4 is 39.1 Å². The smallest absolute Gasteiger partial charge is 0.260 e. The third kappa shape index (κ3) is 4.94. The molecule has 25 heavy (non-hydrogen) atoms. The van der Waals surface area contributed by atoms with Gasteiger partial charge in [0.15, 0.2) is 6.10 Å². The van der Waals surface area contributed by atoms with Crippen LogP contribution >= 0.6 is 22.9 Å². The van der Waals surface area contributed by atoms with E-state index >= 15 is 0 Å². The molecule has 0 fully saturated rings. The molecule has 1 unspecified atom stereocenters. The zero-order valence-corrected chi connectivity index (χ0v) is 15.4. The minimum Gasteiger partial charge on any atom is -0.481 e. The maximum Gasteiger partial charge on any atom is 0.260 e. The number of hydrogen-bond donors (Lipinski definition) is 1. The Morgan fingerprint density at radius 3 is 2.76 bits per heavy atom. The second kappa shape index (κ2) is 8.32. The summed E-state index contributed by atoms with van der Waals surface area (Å²) in [4.78, 5) is 16.7. The van der Waals surface area contributed by atoms with Gasteiger partial charge in [0.25, 0.3) is 5.91 Å². The largest absolute Gasteiger partial charge is 0.481 e. The minimum absolute atomic E-state index is 0.126. The maximum absolute atomic E-state index is 12.1. The molecule has 1 aromatic heterocycles. The van der Waals surface area contributed by atoms with Gasteiger partial charge in [-0.15, -0.1) is 11.3 Å². The summed E-state index contributed by atoms with van der Waals surface area (Å²) in [5, 5.41) is 4.64. The van der Waals surface area contributed by atoms with E-state index in [1.165, 1.54) is 4.70 Å². The lowest BCUT2D eigenvalue weighted by atomic mass is 10.3. The Labute approximate surface area is 155 Å². The van der Waals surface area contributed by atoms with Gasteiger partial charge in [0.05, 0.1) is 15.2 Å². The molecule has 0 saturated carbocycles. The Balaban J connectivity index is 1.41. The number of benzene rings is 2. The Morgan fingerprint density at radius 2 is 2.00 bits per heavy atom. The van der Waals surface area contributed by atoms with E-state index in [-0.39, 0.29) is 5.91 Å². The van der Waals surface area contributed by atoms with Gasteiger partial charge in [0, 0.05) is 18.0 Å². The Bertz CT molecular complexity index is 815. The second-order valence-electron chi connectivity index (χ2n) is 5.68. The average Bonchev–Trinajstić information content (AvgIpc) is 3.03. The third-order valence-electron chi connectivity index (χ3n) is 3.70. The number of ether oxygens (including phenoxy) is 1. The lowest BCUT2D eigenvalue weighted by molar-refractivity contribution is -0.127. The number of aromatic nitrogens is 1. The van der Waals surface area contributed by atoms with Crippen molar-refractivity contribution in [1.29, 1.82) is 0 Å². The van der Waals surface area contributed by atoms with Gasteiger partial charge in [0.1, 0.15) is 5.75 Å². The van der Waals surface area contributed by atoms with E-state index < -0.39 is 6.10 Å². The molecule has 130 valence electrons. The number of nitrogens with zero attached hydrogens (tertiary/aromatic N) is 1. The zero-order chi connectivity index (χ0) is 17.6. The molecular weight excluding hydrogens is 356 g/mol. The number of rotatable bonds is 7. The molecule has 0 saturated heterocycles. The van der Waals surface area contributed by atoms with E-state index in [2.05, 4.69) is 16.4 Å². The van der Waals surface area contributed by atoms with Gasteiger partial charge in [-0.2, -0.15) is 0 Å². The number of fused-ring (bicyclic) bond motifs is 1. The van der Waals surface area contributed by atoms with Gasteiger partial charge in [0.2, 0.25) is 0 Å². The molecule has 0 radical (unpaired) electrons. The van der Waals surface area contributed by atoms with Crippen molar-refractivity contribution in [1.82, 2.24) is 10.3 Å². The van der Waals surface area contributed by atoms with Crippen LogP contribution in [0.2, 0.25) is 5.02 Å². The van der Waals surface area contributed by atoms with E-state index in [0.717, 1.165) is 23.4 Å². The van der Waals surface area contributed by atoms with Crippen LogP contribution in [0.15, 0.2) is 48.5 Å². The summed E-state index contributed by atoms with van der Waals surface area (Å²) in [6.45, 7) is 2.33. The molecule has 6 heteroatoms. The van der Waals surface area contributed by atoms with Crippen molar-refractivity contribution in [3.05, 3.63) is 58.6 Å². The van der Waals surface area contributed by atoms with Crippen molar-refractivity contribution in [2.24, 2.45) is 0 Å². The van der Waals surface area contributed by atoms with E-state index in [9.17, 15) is 4.79 Å². The summed E-state index contributed by atoms with van der Waals surface area (Å²) in [6, 6.07) is 15.1. The van der Waals surface area contributed by atoms with Crippen molar-refractivity contribution in [3.8, 4) is 5.75 Å². The lowest BCUT2D eigenvalue weighted by Gasteiger charge is -2.14. The monoisotopic (exact) mass is 374 g/mol. The Hall–Kier alpha value is -2.11. The number of aryl methyl sites for hydroxylation is 1. The second-order valence-corrected chi connectivity index (χ2v) is 7.24. The van der Waals surface area contributed by atoms with Crippen molar-refractivity contribution in [3.63, 3.8) is 0 Å². The number of nitrogens with one attached hydrogen (secondary N) is 1. The molecule has 0 bridgehead atoms. The molecule has 1 heterocycles. The van der Waals surface area contributed by atoms with Gasteiger partial charge >= 0.3 is 0 Å². The summed E-state index contributed by atoms with van der Waals surface area (Å²) >= 11 is 7.54. The first kappa shape index (κ1) is 17.7. The fourth-order valence-corrected chi connectivity index (χ4v) is 3.53. The molecule has 3 aromatic rings. The molecule has 0 aliphatic rings. The first-order valence-corrected chi connectivity index (χ1v) is 9.35. The summed E-state index contributed by atoms with van der Waals surface area (Å²) in [5.41, 5.74) is 1.04. The highest BCUT2D eigenvalue weighted by molar-refractivity contribution is 7.18. The Morgan fingerprint density at radius 1 is 1.24 bits per heavy atom. The van der Waals surface area contributed by atoms with Crippen LogP contribution < -0.4 is 10.1 Å². The quantitative estimate of drug-likeness (QED) is 0.621. The highest BCUT2D eigenvalue weighted by Gasteiger charge is 2.14. The molecular formula is C19H19ClN2O2S. The highest BCUT2D eigenvalue weighted by Crippen LogP contribution is 2.22. The standard InChI is InChI=1S/C19H19ClN2O2S/c1-13(24-15-10-8-14(20)9-11-15)19(23)21-12-4-7-18-22-16-5-2-3-6-17(16)25-18/h2-3,5-6,8-11,13H,4,7,12H2,1H3,(H,21,23). The summed E-state index contributed by atoms with van der Waals surface area (Å²) in [6.07, 6.45) is 1.15. The molecule has 0 spiro atoms. The molecule has 1 N–H and O–H groups in total. The van der Waals surface area contributed by atoms with Gasteiger partial charge in [-0.25, -0.2) is 4.98 Å². The third-order valence-corrected chi connectivity index (χ3v) is 5.05. The number of carbonyl (C=O) groups excluding carboxylic acids is 1. The van der Waals surface area contributed by atoms with E-state index in [1.807, 2.05) is 18.2 Å². The molecule has 0 aliphatic heterocycles. The van der Waals surface area contributed by atoms with E-state index in [0.29, 0.717) is 17.3 Å². The van der Waals surface area contributed by atoms with Crippen LogP contribution in [-0.4, -0.2) is 23.5 Å². The fourth-order valence-electron chi connectivity index (χ4n) is 2.39. The summed E-state index contributed by atoms with van der Waals surface area (Å²) in [7, 11) is 0. The number of carbonyl (C=O) groups is 1. The van der Waals surface area contributed by atoms with Crippen LogP contribution in [0.3, 0.4) is 0 Å². The number of halogens is 1. The normalized spacial score (nSPS) is 12.1. The topological polar surface area (TPSA) is 51.2 Å². The van der Waals surface area contributed by atoms with Crippen molar-refractivity contribution < 1.29 is 9.53 Å². The lowest BCUT2D eigenvalue weighted by Crippen LogP contribution is -2.36.